The first kappa shape index (κ1) is 75.6. The molecule has 3 unspecified atom stereocenters. The van der Waals surface area contributed by atoms with E-state index < -0.39 is 57.8 Å². The van der Waals surface area contributed by atoms with Gasteiger partial charge < -0.3 is 24.2 Å². The molecule has 0 fully saturated rings. The Bertz CT molecular complexity index is 1850. The number of esters is 3. The fourth-order valence-corrected chi connectivity index (χ4v) is 8.66. The van der Waals surface area contributed by atoms with Crippen molar-refractivity contribution >= 4 is 25.7 Å². The van der Waals surface area contributed by atoms with E-state index >= 15 is 0 Å². The van der Waals surface area contributed by atoms with E-state index in [1.165, 1.54) is 38.5 Å². The highest BCUT2D eigenvalue weighted by Crippen LogP contribution is 2.43. The van der Waals surface area contributed by atoms with Gasteiger partial charge in [-0.05, 0) is 135 Å². The molecule has 0 aromatic heterocycles. The van der Waals surface area contributed by atoms with Gasteiger partial charge in [-0.1, -0.05) is 219 Å². The molecule has 0 aromatic rings. The van der Waals surface area contributed by atoms with Crippen LogP contribution >= 0.6 is 7.82 Å². The lowest BCUT2D eigenvalue weighted by Gasteiger charge is -2.21. The maximum atomic E-state index is 12.9. The summed E-state index contributed by atoms with van der Waals surface area (Å²) in [6, 6.07) is 0. The number of carbonyl (C=O) groups excluding carboxylic acids is 3. The molecule has 12 heteroatoms. The van der Waals surface area contributed by atoms with Crippen molar-refractivity contribution in [3.05, 3.63) is 134 Å². The van der Waals surface area contributed by atoms with Crippen LogP contribution in [0.15, 0.2) is 134 Å². The zero-order valence-electron chi connectivity index (χ0n) is 50.2. The first-order chi connectivity index (χ1) is 39.2. The van der Waals surface area contributed by atoms with Gasteiger partial charge in [0.2, 0.25) is 0 Å². The summed E-state index contributed by atoms with van der Waals surface area (Å²) in [7, 11) is -4.78. The van der Waals surface area contributed by atoms with Gasteiger partial charge in [0.25, 0.3) is 0 Å². The fraction of sp³-hybridized carbons (Fsp3) is 0.632. The van der Waals surface area contributed by atoms with Crippen molar-refractivity contribution in [3.63, 3.8) is 0 Å². The molecule has 2 N–H and O–H groups in total. The van der Waals surface area contributed by atoms with Crippen LogP contribution in [0.5, 0.6) is 0 Å². The van der Waals surface area contributed by atoms with Gasteiger partial charge in [0.1, 0.15) is 12.7 Å². The molecule has 0 amide bonds. The Balaban J connectivity index is 4.83. The van der Waals surface area contributed by atoms with E-state index in [1.54, 1.807) is 0 Å². The van der Waals surface area contributed by atoms with Crippen molar-refractivity contribution in [2.45, 2.75) is 251 Å². The van der Waals surface area contributed by atoms with E-state index in [4.69, 9.17) is 23.3 Å². The number of phosphoric ester groups is 1. The molecule has 0 radical (unpaired) electrons. The number of allylic oxidation sites excluding steroid dienone is 22. The highest BCUT2D eigenvalue weighted by molar-refractivity contribution is 7.47. The van der Waals surface area contributed by atoms with Crippen molar-refractivity contribution in [1.29, 1.82) is 0 Å². The van der Waals surface area contributed by atoms with Gasteiger partial charge in [-0.2, -0.15) is 0 Å². The predicted molar refractivity (Wildman–Crippen MR) is 334 cm³/mol. The quantitative estimate of drug-likeness (QED) is 0.0197. The average Bonchev–Trinajstić information content (AvgIpc) is 3.45. The van der Waals surface area contributed by atoms with Crippen molar-refractivity contribution in [2.75, 3.05) is 26.4 Å². The Labute approximate surface area is 487 Å². The molecule has 0 aliphatic heterocycles. The monoisotopic (exact) mass is 1130 g/mol. The first-order valence-electron chi connectivity index (χ1n) is 31.1. The van der Waals surface area contributed by atoms with E-state index in [0.29, 0.717) is 19.3 Å². The number of hydrogen-bond acceptors (Lipinski definition) is 10. The van der Waals surface area contributed by atoms with Gasteiger partial charge in [0.15, 0.2) is 6.10 Å². The Hall–Kier alpha value is -4.38. The molecular weight excluding hydrogens is 1020 g/mol. The molecule has 0 rings (SSSR count). The van der Waals surface area contributed by atoms with Crippen LogP contribution in [0.4, 0.5) is 0 Å². The second kappa shape index (κ2) is 60.7. The lowest BCUT2D eigenvalue weighted by atomic mass is 10.1. The summed E-state index contributed by atoms with van der Waals surface area (Å²) < 4.78 is 39.6. The van der Waals surface area contributed by atoms with Crippen LogP contribution in [0.3, 0.4) is 0 Å². The minimum Gasteiger partial charge on any atom is -0.462 e. The molecule has 0 bridgehead atoms. The van der Waals surface area contributed by atoms with E-state index in [-0.39, 0.29) is 25.9 Å². The third kappa shape index (κ3) is 58.3. The number of phosphoric acid groups is 1. The molecule has 0 heterocycles. The summed E-state index contributed by atoms with van der Waals surface area (Å²) in [5.74, 6) is -1.55. The predicted octanol–water partition coefficient (Wildman–Crippen LogP) is 18.9. The molecule has 80 heavy (non-hydrogen) atoms. The third-order valence-electron chi connectivity index (χ3n) is 12.5. The summed E-state index contributed by atoms with van der Waals surface area (Å²) in [5.41, 5.74) is 0. The van der Waals surface area contributed by atoms with Crippen LogP contribution in [-0.2, 0) is 42.2 Å². The Morgan fingerprint density at radius 3 is 1.01 bits per heavy atom. The number of hydrogen-bond donors (Lipinski definition) is 2. The third-order valence-corrected chi connectivity index (χ3v) is 13.5. The minimum absolute atomic E-state index is 0.118. The lowest BCUT2D eigenvalue weighted by molar-refractivity contribution is -0.161. The molecule has 0 saturated heterocycles. The van der Waals surface area contributed by atoms with Crippen molar-refractivity contribution in [2.24, 2.45) is 0 Å². The highest BCUT2D eigenvalue weighted by atomic mass is 31.2. The molecule has 0 aliphatic rings. The minimum atomic E-state index is -4.78. The molecule has 0 aliphatic carbocycles. The van der Waals surface area contributed by atoms with Crippen LogP contribution in [0.1, 0.15) is 239 Å². The summed E-state index contributed by atoms with van der Waals surface area (Å²) in [6.45, 7) is 4.32. The number of aliphatic hydroxyl groups excluding tert-OH is 1. The molecule has 11 nitrogen and oxygen atoms in total. The second-order valence-corrected chi connectivity index (χ2v) is 21.6. The summed E-state index contributed by atoms with van der Waals surface area (Å²) in [4.78, 5) is 48.7. The SMILES string of the molecule is CC/C=C\C/C=C\C/C=C\C/C=C\C/C=C\CCCCCC(=O)OC(COC(=O)CCCCCCCCC/C=C\C/C=C\CCCCC)COP(=O)(O)OCC(CO)OC(=O)CCCCCC/C=C\C/C=C\C/C=C\C/C=C\CC. The summed E-state index contributed by atoms with van der Waals surface area (Å²) in [6.07, 6.45) is 76.8. The zero-order valence-corrected chi connectivity index (χ0v) is 51.1. The van der Waals surface area contributed by atoms with Crippen molar-refractivity contribution in [3.8, 4) is 0 Å². The molecule has 3 atom stereocenters. The summed E-state index contributed by atoms with van der Waals surface area (Å²) >= 11 is 0. The number of aliphatic hydroxyl groups is 1. The average molecular weight is 1140 g/mol. The summed E-state index contributed by atoms with van der Waals surface area (Å²) in [5, 5.41) is 9.84. The van der Waals surface area contributed by atoms with Crippen LogP contribution in [0.2, 0.25) is 0 Å². The van der Waals surface area contributed by atoms with Gasteiger partial charge in [-0.3, -0.25) is 23.4 Å². The second-order valence-electron chi connectivity index (χ2n) is 20.1. The van der Waals surface area contributed by atoms with Crippen LogP contribution in [0, 0.1) is 0 Å². The van der Waals surface area contributed by atoms with Gasteiger partial charge in [0, 0.05) is 19.3 Å². The highest BCUT2D eigenvalue weighted by Gasteiger charge is 2.28. The maximum absolute atomic E-state index is 12.9. The molecule has 0 aromatic carbocycles. The van der Waals surface area contributed by atoms with Crippen molar-refractivity contribution in [1.82, 2.24) is 0 Å². The standard InChI is InChI=1S/C68H111O11P/c1-4-7-10-13-16-19-22-25-28-31-32-35-38-41-44-47-50-53-56-59-68(72)79-65(61-75-66(70)57-54-51-48-45-42-39-36-33-29-26-23-20-17-14-11-8-5-2)63-77-80(73,74)76-62-64(60-69)78-67(71)58-55-52-49-46-43-40-37-34-30-27-24-21-18-15-12-9-6-3/h7,9-10,12,16-21,25-30,32,35,37,40-41,44,64-65,69H,4-6,8,11,13-15,22-24,31,33-34,36,38-39,42-43,45-63H2,1-3H3,(H,73,74)/b10-7-,12-9-,19-16-,20-17-,21-18-,28-25-,29-26-,30-27-,35-32-,40-37-,44-41-. The van der Waals surface area contributed by atoms with Gasteiger partial charge in [-0.15, -0.1) is 0 Å². The van der Waals surface area contributed by atoms with Crippen LogP contribution in [0.25, 0.3) is 0 Å². The molecule has 454 valence electrons. The lowest BCUT2D eigenvalue weighted by Crippen LogP contribution is -2.30. The van der Waals surface area contributed by atoms with E-state index in [0.717, 1.165) is 141 Å². The molecule has 0 saturated carbocycles. The number of ether oxygens (including phenoxy) is 3. The fourth-order valence-electron chi connectivity index (χ4n) is 7.87. The van der Waals surface area contributed by atoms with Crippen LogP contribution < -0.4 is 0 Å². The van der Waals surface area contributed by atoms with E-state index in [9.17, 15) is 28.9 Å². The van der Waals surface area contributed by atoms with Crippen molar-refractivity contribution < 1.29 is 52.2 Å². The number of unbranched alkanes of at least 4 members (excludes halogenated alkanes) is 17. The van der Waals surface area contributed by atoms with Gasteiger partial charge in [-0.25, -0.2) is 4.57 Å². The van der Waals surface area contributed by atoms with Gasteiger partial charge in [0.05, 0.1) is 19.8 Å². The molecule has 0 spiro atoms. The smallest absolute Gasteiger partial charge is 0.462 e. The number of carbonyl (C=O) groups is 3. The number of rotatable bonds is 56. The normalized spacial score (nSPS) is 14.2. The maximum Gasteiger partial charge on any atom is 0.472 e. The topological polar surface area (TPSA) is 155 Å². The Kier molecular flexibility index (Phi) is 57.4. The van der Waals surface area contributed by atoms with E-state index in [2.05, 4.69) is 154 Å². The van der Waals surface area contributed by atoms with Gasteiger partial charge >= 0.3 is 25.7 Å². The Morgan fingerprint density at radius 1 is 0.362 bits per heavy atom. The van der Waals surface area contributed by atoms with Crippen LogP contribution in [-0.4, -0.2) is 66.5 Å². The molecular formula is C68H111O11P. The Morgan fingerprint density at radius 2 is 0.650 bits per heavy atom. The zero-order chi connectivity index (χ0) is 58.3. The van der Waals surface area contributed by atoms with E-state index in [1.807, 2.05) is 0 Å². The largest absolute Gasteiger partial charge is 0.472 e. The first-order valence-corrected chi connectivity index (χ1v) is 32.6.